The Morgan fingerprint density at radius 2 is 1.71 bits per heavy atom. The van der Waals surface area contributed by atoms with Crippen molar-refractivity contribution in [3.8, 4) is 0 Å². The molecule has 3 amide bonds. The molecule has 0 atom stereocenters. The van der Waals surface area contributed by atoms with Gasteiger partial charge >= 0.3 is 11.8 Å². The van der Waals surface area contributed by atoms with Gasteiger partial charge in [-0.25, -0.2) is 0 Å². The first-order valence-electron chi connectivity index (χ1n) is 7.78. The lowest BCUT2D eigenvalue weighted by molar-refractivity contribution is -0.136. The largest absolute Gasteiger partial charge is 0.361 e. The molecule has 24 heavy (non-hydrogen) atoms. The number of nitrogens with one attached hydrogen (secondary N) is 2. The van der Waals surface area contributed by atoms with Crippen molar-refractivity contribution in [2.75, 3.05) is 12.3 Å². The molecule has 0 heterocycles. The molecule has 1 aromatic carbocycles. The van der Waals surface area contributed by atoms with E-state index in [0.717, 1.165) is 48.0 Å². The second kappa shape index (κ2) is 12.7. The Morgan fingerprint density at radius 1 is 1.00 bits per heavy atom. The first-order chi connectivity index (χ1) is 11.6. The standard InChI is InChI=1S/C16H23N3O3S2/c17-15(21)16(22)19-24-23-11-7-2-1-6-10-18-14(20)12-13-8-4-3-5-9-13/h3-5,8-9H,1-2,6-7,10-12H2,(H2,17,21)(H,18,20)(H,19,22). The van der Waals surface area contributed by atoms with Crippen LogP contribution in [0.15, 0.2) is 30.3 Å². The fourth-order valence-corrected chi connectivity index (χ4v) is 3.52. The van der Waals surface area contributed by atoms with Crippen LogP contribution in [0.1, 0.15) is 31.2 Å². The number of rotatable bonds is 11. The average Bonchev–Trinajstić information content (AvgIpc) is 2.57. The maximum absolute atomic E-state index is 11.7. The lowest BCUT2D eigenvalue weighted by Gasteiger charge is -2.05. The Balaban J connectivity index is 1.89. The monoisotopic (exact) mass is 369 g/mol. The summed E-state index contributed by atoms with van der Waals surface area (Å²) in [6.07, 6.45) is 4.50. The summed E-state index contributed by atoms with van der Waals surface area (Å²) in [7, 11) is 2.60. The van der Waals surface area contributed by atoms with Crippen LogP contribution in [0, 0.1) is 0 Å². The zero-order chi connectivity index (χ0) is 17.6. The minimum absolute atomic E-state index is 0.0540. The van der Waals surface area contributed by atoms with Gasteiger partial charge in [0.05, 0.1) is 6.42 Å². The van der Waals surface area contributed by atoms with Crippen LogP contribution in [-0.2, 0) is 20.8 Å². The van der Waals surface area contributed by atoms with Gasteiger partial charge in [-0.15, -0.1) is 0 Å². The van der Waals surface area contributed by atoms with Crippen molar-refractivity contribution in [1.82, 2.24) is 10.0 Å². The van der Waals surface area contributed by atoms with E-state index in [9.17, 15) is 14.4 Å². The van der Waals surface area contributed by atoms with Crippen molar-refractivity contribution < 1.29 is 14.4 Å². The van der Waals surface area contributed by atoms with E-state index in [2.05, 4.69) is 10.0 Å². The van der Waals surface area contributed by atoms with E-state index in [-0.39, 0.29) is 5.91 Å². The van der Waals surface area contributed by atoms with Crippen LogP contribution < -0.4 is 15.8 Å². The van der Waals surface area contributed by atoms with Gasteiger partial charge in [0, 0.05) is 23.3 Å². The van der Waals surface area contributed by atoms with Crippen molar-refractivity contribution in [3.63, 3.8) is 0 Å². The van der Waals surface area contributed by atoms with Crippen molar-refractivity contribution in [1.29, 1.82) is 0 Å². The fourth-order valence-electron chi connectivity index (χ4n) is 1.87. The van der Waals surface area contributed by atoms with E-state index >= 15 is 0 Å². The van der Waals surface area contributed by atoms with Crippen molar-refractivity contribution >= 4 is 39.5 Å². The van der Waals surface area contributed by atoms with E-state index in [0.29, 0.717) is 13.0 Å². The van der Waals surface area contributed by atoms with Crippen molar-refractivity contribution in [2.45, 2.75) is 32.1 Å². The summed E-state index contributed by atoms with van der Waals surface area (Å²) in [6.45, 7) is 0.697. The number of hydrogen-bond donors (Lipinski definition) is 3. The second-order valence-electron chi connectivity index (χ2n) is 5.13. The topological polar surface area (TPSA) is 101 Å². The second-order valence-corrected chi connectivity index (χ2v) is 7.35. The van der Waals surface area contributed by atoms with Crippen LogP contribution >= 0.6 is 21.8 Å². The van der Waals surface area contributed by atoms with Crippen molar-refractivity contribution in [3.05, 3.63) is 35.9 Å². The Morgan fingerprint density at radius 3 is 2.42 bits per heavy atom. The zero-order valence-electron chi connectivity index (χ0n) is 13.5. The Hall–Kier alpha value is -1.67. The number of amides is 3. The third-order valence-electron chi connectivity index (χ3n) is 3.10. The number of carbonyl (C=O) groups excluding carboxylic acids is 3. The van der Waals surface area contributed by atoms with E-state index in [1.54, 1.807) is 0 Å². The molecule has 0 bridgehead atoms. The summed E-state index contributed by atoms with van der Waals surface area (Å²) in [4.78, 5) is 33.1. The number of unbranched alkanes of at least 4 members (excludes halogenated alkanes) is 3. The minimum atomic E-state index is -0.975. The third kappa shape index (κ3) is 10.2. The molecule has 0 saturated carbocycles. The molecule has 0 saturated heterocycles. The Bertz CT molecular complexity index is 527. The summed E-state index contributed by atoms with van der Waals surface area (Å²) in [5.41, 5.74) is 5.83. The maximum atomic E-state index is 11.7. The van der Waals surface area contributed by atoms with Gasteiger partial charge in [0.1, 0.15) is 0 Å². The lowest BCUT2D eigenvalue weighted by atomic mass is 10.1. The predicted octanol–water partition coefficient (Wildman–Crippen LogP) is 1.80. The molecule has 1 aromatic rings. The molecule has 4 N–H and O–H groups in total. The predicted molar refractivity (Wildman–Crippen MR) is 99.0 cm³/mol. The third-order valence-corrected chi connectivity index (χ3v) is 5.05. The number of benzene rings is 1. The van der Waals surface area contributed by atoms with E-state index in [1.165, 1.54) is 10.8 Å². The lowest BCUT2D eigenvalue weighted by Crippen LogP contribution is -2.31. The highest BCUT2D eigenvalue weighted by molar-refractivity contribution is 8.76. The summed E-state index contributed by atoms with van der Waals surface area (Å²) < 4.78 is 2.34. The summed E-state index contributed by atoms with van der Waals surface area (Å²) in [5.74, 6) is -0.820. The molecule has 8 heteroatoms. The molecule has 0 spiro atoms. The molecule has 6 nitrogen and oxygen atoms in total. The summed E-state index contributed by atoms with van der Waals surface area (Å²) in [6, 6.07) is 9.68. The number of hydrogen-bond acceptors (Lipinski definition) is 5. The smallest absolute Gasteiger partial charge is 0.319 e. The number of carbonyl (C=O) groups is 3. The molecule has 132 valence electrons. The molecular formula is C16H23N3O3S2. The molecule has 0 radical (unpaired) electrons. The van der Waals surface area contributed by atoms with Crippen molar-refractivity contribution in [2.24, 2.45) is 5.73 Å². The molecule has 0 aromatic heterocycles. The van der Waals surface area contributed by atoms with Crippen LogP contribution in [-0.4, -0.2) is 30.0 Å². The van der Waals surface area contributed by atoms with E-state index in [1.807, 2.05) is 30.3 Å². The highest BCUT2D eigenvalue weighted by Gasteiger charge is 2.07. The Labute approximate surface area is 150 Å². The number of primary amides is 1. The summed E-state index contributed by atoms with van der Waals surface area (Å²) >= 11 is 0. The average molecular weight is 370 g/mol. The normalized spacial score (nSPS) is 10.2. The quantitative estimate of drug-likeness (QED) is 0.239. The van der Waals surface area contributed by atoms with Gasteiger partial charge < -0.3 is 11.1 Å². The van der Waals surface area contributed by atoms with Crippen LogP contribution in [0.5, 0.6) is 0 Å². The van der Waals surface area contributed by atoms with Crippen LogP contribution in [0.25, 0.3) is 0 Å². The van der Waals surface area contributed by atoms with Gasteiger partial charge in [-0.2, -0.15) is 0 Å². The van der Waals surface area contributed by atoms with E-state index < -0.39 is 11.8 Å². The van der Waals surface area contributed by atoms with Gasteiger partial charge in [0.2, 0.25) is 5.91 Å². The highest BCUT2D eigenvalue weighted by Crippen LogP contribution is 2.19. The van der Waals surface area contributed by atoms with E-state index in [4.69, 9.17) is 5.73 Å². The molecule has 0 aliphatic rings. The van der Waals surface area contributed by atoms with Gasteiger partial charge in [0.15, 0.2) is 0 Å². The highest BCUT2D eigenvalue weighted by atomic mass is 33.1. The molecule has 0 fully saturated rings. The maximum Gasteiger partial charge on any atom is 0.319 e. The molecule has 1 rings (SSSR count). The van der Waals surface area contributed by atoms with Crippen LogP contribution in [0.3, 0.4) is 0 Å². The molecule has 0 aliphatic carbocycles. The first kappa shape index (κ1) is 20.4. The van der Waals surface area contributed by atoms with Gasteiger partial charge in [-0.3, -0.25) is 19.1 Å². The summed E-state index contributed by atoms with van der Waals surface area (Å²) in [5, 5.41) is 2.93. The fraction of sp³-hybridized carbons (Fsp3) is 0.438. The number of nitrogens with two attached hydrogens (primary N) is 1. The SMILES string of the molecule is NC(=O)C(=O)NSSCCCCCCNC(=O)Cc1ccccc1. The van der Waals surface area contributed by atoms with Gasteiger partial charge in [-0.05, 0) is 18.4 Å². The van der Waals surface area contributed by atoms with Crippen LogP contribution in [0.4, 0.5) is 0 Å². The van der Waals surface area contributed by atoms with Gasteiger partial charge in [-0.1, -0.05) is 54.0 Å². The Kier molecular flexibility index (Phi) is 10.8. The van der Waals surface area contributed by atoms with Crippen LogP contribution in [0.2, 0.25) is 0 Å². The zero-order valence-corrected chi connectivity index (χ0v) is 15.1. The first-order valence-corrected chi connectivity index (χ1v) is 10.1. The van der Waals surface area contributed by atoms with Gasteiger partial charge in [0.25, 0.3) is 0 Å². The molecule has 0 aliphatic heterocycles. The molecule has 0 unspecified atom stereocenters. The minimum Gasteiger partial charge on any atom is -0.361 e. The molecular weight excluding hydrogens is 346 g/mol.